The van der Waals surface area contributed by atoms with Gasteiger partial charge in [0.1, 0.15) is 35.8 Å². The standard InChI is InChI=1S/C10H16N4O4/c1-4-12-6(11)2-7(13-4)14-10-9(17)8(16)5(3-15)18-10/h2,5,8-10,15-17H,3H2,1H3,(H3,11,12,13,14)/t5-,8-,9-,10+/m1/s1. The van der Waals surface area contributed by atoms with Crippen LogP contribution in [0.25, 0.3) is 0 Å². The highest BCUT2D eigenvalue weighted by Gasteiger charge is 2.42. The monoisotopic (exact) mass is 256 g/mol. The van der Waals surface area contributed by atoms with E-state index in [2.05, 4.69) is 15.3 Å². The van der Waals surface area contributed by atoms with Crippen LogP contribution in [-0.2, 0) is 4.74 Å². The van der Waals surface area contributed by atoms with Crippen LogP contribution < -0.4 is 11.1 Å². The van der Waals surface area contributed by atoms with Crippen molar-refractivity contribution in [3.63, 3.8) is 0 Å². The Morgan fingerprint density at radius 2 is 2.11 bits per heavy atom. The summed E-state index contributed by atoms with van der Waals surface area (Å²) < 4.78 is 5.26. The van der Waals surface area contributed by atoms with E-state index in [1.165, 1.54) is 6.07 Å². The first-order valence-corrected chi connectivity index (χ1v) is 5.51. The van der Waals surface area contributed by atoms with Crippen molar-refractivity contribution in [3.8, 4) is 0 Å². The molecular weight excluding hydrogens is 240 g/mol. The molecule has 100 valence electrons. The van der Waals surface area contributed by atoms with Crippen molar-refractivity contribution in [1.29, 1.82) is 0 Å². The second-order valence-corrected chi connectivity index (χ2v) is 4.13. The van der Waals surface area contributed by atoms with E-state index in [4.69, 9.17) is 15.6 Å². The number of nitrogen functional groups attached to an aromatic ring is 1. The number of nitrogens with two attached hydrogens (primary N) is 1. The summed E-state index contributed by atoms with van der Waals surface area (Å²) in [6, 6.07) is 1.49. The van der Waals surface area contributed by atoms with E-state index in [0.717, 1.165) is 0 Å². The lowest BCUT2D eigenvalue weighted by Gasteiger charge is -2.17. The molecule has 0 aromatic carbocycles. The van der Waals surface area contributed by atoms with Crippen LogP contribution in [0.3, 0.4) is 0 Å². The van der Waals surface area contributed by atoms with Crippen LogP contribution in [-0.4, -0.2) is 56.4 Å². The van der Waals surface area contributed by atoms with Crippen molar-refractivity contribution in [2.75, 3.05) is 17.7 Å². The van der Waals surface area contributed by atoms with Crippen molar-refractivity contribution in [1.82, 2.24) is 9.97 Å². The molecule has 2 rings (SSSR count). The number of rotatable bonds is 3. The number of nitrogens with one attached hydrogen (secondary N) is 1. The topological polar surface area (TPSA) is 134 Å². The fraction of sp³-hybridized carbons (Fsp3) is 0.600. The molecule has 0 spiro atoms. The van der Waals surface area contributed by atoms with Gasteiger partial charge in [0.05, 0.1) is 6.61 Å². The highest BCUT2D eigenvalue weighted by atomic mass is 16.6. The zero-order valence-corrected chi connectivity index (χ0v) is 9.82. The van der Waals surface area contributed by atoms with Crippen molar-refractivity contribution in [3.05, 3.63) is 11.9 Å². The first-order valence-electron chi connectivity index (χ1n) is 5.51. The van der Waals surface area contributed by atoms with Crippen LogP contribution in [0, 0.1) is 6.92 Å². The number of hydrogen-bond acceptors (Lipinski definition) is 8. The number of aliphatic hydroxyl groups is 3. The number of hydrogen-bond donors (Lipinski definition) is 5. The molecule has 0 amide bonds. The van der Waals surface area contributed by atoms with E-state index < -0.39 is 24.5 Å². The molecule has 1 aliphatic rings. The molecule has 0 saturated carbocycles. The molecule has 0 unspecified atom stereocenters. The average molecular weight is 256 g/mol. The smallest absolute Gasteiger partial charge is 0.158 e. The summed E-state index contributed by atoms with van der Waals surface area (Å²) in [5.41, 5.74) is 5.57. The van der Waals surface area contributed by atoms with E-state index >= 15 is 0 Å². The van der Waals surface area contributed by atoms with Gasteiger partial charge in [0, 0.05) is 6.07 Å². The highest BCUT2D eigenvalue weighted by molar-refractivity contribution is 5.45. The molecule has 1 aliphatic heterocycles. The predicted octanol–water partition coefficient (Wildman–Crippen LogP) is -1.78. The Bertz CT molecular complexity index is 410. The van der Waals surface area contributed by atoms with E-state index in [9.17, 15) is 10.2 Å². The second kappa shape index (κ2) is 5.02. The Kier molecular flexibility index (Phi) is 3.62. The molecular formula is C10H16N4O4. The maximum Gasteiger partial charge on any atom is 0.158 e. The Morgan fingerprint density at radius 1 is 1.39 bits per heavy atom. The third-order valence-electron chi connectivity index (χ3n) is 2.69. The molecule has 2 heterocycles. The zero-order chi connectivity index (χ0) is 13.3. The van der Waals surface area contributed by atoms with Crippen molar-refractivity contribution in [2.45, 2.75) is 31.5 Å². The number of aromatic nitrogens is 2. The fourth-order valence-electron chi connectivity index (χ4n) is 1.83. The quantitative estimate of drug-likeness (QED) is 0.428. The molecule has 8 heteroatoms. The number of nitrogens with zero attached hydrogens (tertiary/aromatic N) is 2. The summed E-state index contributed by atoms with van der Waals surface area (Å²) >= 11 is 0. The molecule has 0 aliphatic carbocycles. The van der Waals surface area contributed by atoms with Gasteiger partial charge in [-0.3, -0.25) is 0 Å². The van der Waals surface area contributed by atoms with Gasteiger partial charge >= 0.3 is 0 Å². The summed E-state index contributed by atoms with van der Waals surface area (Å²) in [6.07, 6.45) is -3.98. The molecule has 8 nitrogen and oxygen atoms in total. The number of aryl methyl sites for hydroxylation is 1. The van der Waals surface area contributed by atoms with Crippen molar-refractivity contribution < 1.29 is 20.1 Å². The fourth-order valence-corrected chi connectivity index (χ4v) is 1.83. The lowest BCUT2D eigenvalue weighted by molar-refractivity contribution is -0.0154. The van der Waals surface area contributed by atoms with Gasteiger partial charge in [0.25, 0.3) is 0 Å². The first-order chi connectivity index (χ1) is 8.51. The summed E-state index contributed by atoms with van der Waals surface area (Å²) in [6.45, 7) is 1.31. The minimum atomic E-state index is -1.15. The molecule has 0 radical (unpaired) electrons. The van der Waals surface area contributed by atoms with Gasteiger partial charge in [0.15, 0.2) is 6.23 Å². The van der Waals surface area contributed by atoms with E-state index in [0.29, 0.717) is 11.6 Å². The van der Waals surface area contributed by atoms with Gasteiger partial charge in [-0.1, -0.05) is 0 Å². The molecule has 0 bridgehead atoms. The predicted molar refractivity (Wildman–Crippen MR) is 62.6 cm³/mol. The lowest BCUT2D eigenvalue weighted by atomic mass is 10.1. The third-order valence-corrected chi connectivity index (χ3v) is 2.69. The van der Waals surface area contributed by atoms with Gasteiger partial charge < -0.3 is 31.1 Å². The molecule has 1 aromatic heterocycles. The summed E-state index contributed by atoms with van der Waals surface area (Å²) in [5, 5.41) is 31.1. The van der Waals surface area contributed by atoms with Gasteiger partial charge in [-0.2, -0.15) is 0 Å². The van der Waals surface area contributed by atoms with E-state index in [-0.39, 0.29) is 12.4 Å². The zero-order valence-electron chi connectivity index (χ0n) is 9.82. The van der Waals surface area contributed by atoms with Gasteiger partial charge in [-0.25, -0.2) is 9.97 Å². The largest absolute Gasteiger partial charge is 0.394 e. The normalized spacial score (nSPS) is 31.6. The summed E-state index contributed by atoms with van der Waals surface area (Å²) in [5.74, 6) is 1.15. The SMILES string of the molecule is Cc1nc(N)cc(N[C@H]2O[C@H](CO)[C@@H](O)[C@H]2O)n1. The Balaban J connectivity index is 2.10. The minimum Gasteiger partial charge on any atom is -0.394 e. The number of aliphatic hydroxyl groups excluding tert-OH is 3. The Labute approximate surface area is 103 Å². The van der Waals surface area contributed by atoms with E-state index in [1.54, 1.807) is 6.92 Å². The number of ether oxygens (including phenoxy) is 1. The van der Waals surface area contributed by atoms with Crippen LogP contribution in [0.4, 0.5) is 11.6 Å². The third kappa shape index (κ3) is 2.51. The van der Waals surface area contributed by atoms with Crippen LogP contribution in [0.5, 0.6) is 0 Å². The molecule has 4 atom stereocenters. The lowest BCUT2D eigenvalue weighted by Crippen LogP contribution is -2.36. The van der Waals surface area contributed by atoms with E-state index in [1.807, 2.05) is 0 Å². The molecule has 1 saturated heterocycles. The molecule has 1 aromatic rings. The average Bonchev–Trinajstić information content (AvgIpc) is 2.55. The summed E-state index contributed by atoms with van der Waals surface area (Å²) in [4.78, 5) is 7.98. The van der Waals surface area contributed by atoms with Crippen LogP contribution >= 0.6 is 0 Å². The van der Waals surface area contributed by atoms with Crippen LogP contribution in [0.15, 0.2) is 6.07 Å². The molecule has 1 fully saturated rings. The van der Waals surface area contributed by atoms with Gasteiger partial charge in [-0.15, -0.1) is 0 Å². The maximum atomic E-state index is 9.74. The van der Waals surface area contributed by atoms with Crippen LogP contribution in [0.2, 0.25) is 0 Å². The molecule has 6 N–H and O–H groups in total. The molecule has 18 heavy (non-hydrogen) atoms. The van der Waals surface area contributed by atoms with Gasteiger partial charge in [-0.05, 0) is 6.92 Å². The first kappa shape index (κ1) is 13.0. The Hall–Kier alpha value is -1.48. The van der Waals surface area contributed by atoms with Crippen LogP contribution in [0.1, 0.15) is 5.82 Å². The Morgan fingerprint density at radius 3 is 2.67 bits per heavy atom. The highest BCUT2D eigenvalue weighted by Crippen LogP contribution is 2.22. The maximum absolute atomic E-state index is 9.74. The van der Waals surface area contributed by atoms with Crippen molar-refractivity contribution >= 4 is 11.6 Å². The minimum absolute atomic E-state index is 0.289. The van der Waals surface area contributed by atoms with Gasteiger partial charge in [0.2, 0.25) is 0 Å². The number of anilines is 2. The summed E-state index contributed by atoms with van der Waals surface area (Å²) in [7, 11) is 0. The second-order valence-electron chi connectivity index (χ2n) is 4.13. The van der Waals surface area contributed by atoms with Crippen molar-refractivity contribution in [2.24, 2.45) is 0 Å².